The zero-order valence-electron chi connectivity index (χ0n) is 36.3. The molecule has 0 aliphatic heterocycles. The first-order chi connectivity index (χ1) is 29.9. The van der Waals surface area contributed by atoms with Gasteiger partial charge in [-0.15, -0.1) is 0 Å². The molecule has 2 atom stereocenters. The van der Waals surface area contributed by atoms with E-state index in [2.05, 4.69) is 21.3 Å². The molecule has 5 N–H and O–H groups in total. The Kier molecular flexibility index (Phi) is 23.0. The molecule has 0 fully saturated rings. The molecular formula is C46H62N4O12. The van der Waals surface area contributed by atoms with E-state index in [0.29, 0.717) is 37.1 Å². The summed E-state index contributed by atoms with van der Waals surface area (Å²) in [6.07, 6.45) is 3.99. The Hall–Kier alpha value is -6.16. The molecule has 62 heavy (non-hydrogen) atoms. The Labute approximate surface area is 363 Å². The molecule has 0 spiro atoms. The van der Waals surface area contributed by atoms with Crippen molar-refractivity contribution < 1.29 is 57.6 Å². The molecule has 0 heterocycles. The summed E-state index contributed by atoms with van der Waals surface area (Å²) in [5.74, 6) is -2.53. The highest BCUT2D eigenvalue weighted by Crippen LogP contribution is 2.33. The maximum absolute atomic E-state index is 13.5. The van der Waals surface area contributed by atoms with E-state index in [1.54, 1.807) is 37.3 Å². The van der Waals surface area contributed by atoms with Gasteiger partial charge in [-0.2, -0.15) is 0 Å². The van der Waals surface area contributed by atoms with E-state index in [1.165, 1.54) is 6.07 Å². The Morgan fingerprint density at radius 2 is 1.15 bits per heavy atom. The van der Waals surface area contributed by atoms with Gasteiger partial charge in [-0.05, 0) is 79.6 Å². The molecule has 338 valence electrons. The van der Waals surface area contributed by atoms with Gasteiger partial charge in [0.1, 0.15) is 23.9 Å². The van der Waals surface area contributed by atoms with Gasteiger partial charge < -0.3 is 50.1 Å². The van der Waals surface area contributed by atoms with Gasteiger partial charge in [0.15, 0.2) is 19.8 Å². The van der Waals surface area contributed by atoms with Gasteiger partial charge in [0.25, 0.3) is 17.7 Å². The molecule has 3 rings (SSSR count). The van der Waals surface area contributed by atoms with Crippen molar-refractivity contribution in [3.05, 3.63) is 77.9 Å². The van der Waals surface area contributed by atoms with Crippen LogP contribution in [-0.4, -0.2) is 99.4 Å². The number of carbonyl (C=O) groups excluding carboxylic acids is 5. The number of aliphatic carboxylic acids is 1. The molecule has 0 saturated carbocycles. The smallest absolute Gasteiger partial charge is 0.338 e. The summed E-state index contributed by atoms with van der Waals surface area (Å²) in [6.45, 7) is 8.41. The monoisotopic (exact) mass is 862 g/mol. The summed E-state index contributed by atoms with van der Waals surface area (Å²) >= 11 is 0. The predicted octanol–water partition coefficient (Wildman–Crippen LogP) is 5.21. The first-order valence-electron chi connectivity index (χ1n) is 21.2. The fourth-order valence-corrected chi connectivity index (χ4v) is 5.60. The number of unbranched alkanes of at least 4 members (excludes halogenated alkanes) is 2. The minimum atomic E-state index is -0.920. The van der Waals surface area contributed by atoms with Crippen LogP contribution in [0.15, 0.2) is 66.7 Å². The fraction of sp³-hybridized carbons (Fsp3) is 0.478. The summed E-state index contributed by atoms with van der Waals surface area (Å²) < 4.78 is 29.1. The number of carboxylic acids is 1. The molecule has 4 amide bonds. The highest BCUT2D eigenvalue weighted by atomic mass is 16.5. The summed E-state index contributed by atoms with van der Waals surface area (Å²) in [7, 11) is 0. The van der Waals surface area contributed by atoms with Crippen molar-refractivity contribution in [3.8, 4) is 28.4 Å². The average Bonchev–Trinajstić information content (AvgIpc) is 3.26. The van der Waals surface area contributed by atoms with E-state index >= 15 is 0 Å². The lowest BCUT2D eigenvalue weighted by Gasteiger charge is -2.17. The van der Waals surface area contributed by atoms with Gasteiger partial charge in [0.2, 0.25) is 5.91 Å². The van der Waals surface area contributed by atoms with Gasteiger partial charge in [0, 0.05) is 38.7 Å². The van der Waals surface area contributed by atoms with Crippen LogP contribution in [0.1, 0.15) is 88.6 Å². The van der Waals surface area contributed by atoms with E-state index in [4.69, 9.17) is 28.8 Å². The number of ether oxygens (including phenoxy) is 5. The van der Waals surface area contributed by atoms with Crippen molar-refractivity contribution in [1.29, 1.82) is 0 Å². The highest BCUT2D eigenvalue weighted by molar-refractivity contribution is 5.92. The molecule has 0 aliphatic carbocycles. The van der Waals surface area contributed by atoms with Gasteiger partial charge in [-0.25, -0.2) is 4.79 Å². The SMILES string of the molecule is CCCCNC(=O)COc1cc(OCC(=O)NCCCC)cc(-c2cc(OCC(=O)NCCC(C)OCC(C)C(=O)NCCCC(=O)O)cc(C(=O)OCc3ccccc3)c2)c1. The predicted molar refractivity (Wildman–Crippen MR) is 232 cm³/mol. The maximum atomic E-state index is 13.5. The van der Waals surface area contributed by atoms with Crippen molar-refractivity contribution in [2.24, 2.45) is 5.92 Å². The summed E-state index contributed by atoms with van der Waals surface area (Å²) in [5.41, 5.74) is 1.90. The largest absolute Gasteiger partial charge is 0.484 e. The van der Waals surface area contributed by atoms with Gasteiger partial charge in [-0.1, -0.05) is 63.9 Å². The fourth-order valence-electron chi connectivity index (χ4n) is 5.60. The van der Waals surface area contributed by atoms with Crippen molar-refractivity contribution in [3.63, 3.8) is 0 Å². The summed E-state index contributed by atoms with van der Waals surface area (Å²) in [4.78, 5) is 74.3. The van der Waals surface area contributed by atoms with Crippen LogP contribution in [0.4, 0.5) is 0 Å². The lowest BCUT2D eigenvalue weighted by Crippen LogP contribution is -2.34. The van der Waals surface area contributed by atoms with Crippen molar-refractivity contribution >= 4 is 35.6 Å². The first kappa shape index (κ1) is 50.2. The molecule has 16 heteroatoms. The van der Waals surface area contributed by atoms with Crippen molar-refractivity contribution in [2.75, 3.05) is 52.6 Å². The van der Waals surface area contributed by atoms with Gasteiger partial charge in [0.05, 0.1) is 24.2 Å². The van der Waals surface area contributed by atoms with Crippen LogP contribution in [0, 0.1) is 5.92 Å². The highest BCUT2D eigenvalue weighted by Gasteiger charge is 2.18. The van der Waals surface area contributed by atoms with Crippen LogP contribution in [0.25, 0.3) is 11.1 Å². The van der Waals surface area contributed by atoms with Crippen LogP contribution >= 0.6 is 0 Å². The van der Waals surface area contributed by atoms with E-state index in [-0.39, 0.29) is 99.2 Å². The average molecular weight is 863 g/mol. The molecule has 16 nitrogen and oxygen atoms in total. The lowest BCUT2D eigenvalue weighted by atomic mass is 10.0. The number of esters is 1. The normalized spacial score (nSPS) is 11.7. The Balaban J connectivity index is 1.74. The molecular weight excluding hydrogens is 801 g/mol. The third-order valence-electron chi connectivity index (χ3n) is 9.20. The Morgan fingerprint density at radius 1 is 0.629 bits per heavy atom. The van der Waals surface area contributed by atoms with E-state index in [0.717, 1.165) is 31.2 Å². The number of hydrogen-bond donors (Lipinski definition) is 5. The number of amides is 4. The number of hydrogen-bond acceptors (Lipinski definition) is 11. The van der Waals surface area contributed by atoms with Crippen molar-refractivity contribution in [1.82, 2.24) is 21.3 Å². The molecule has 0 saturated heterocycles. The molecule has 0 bridgehead atoms. The van der Waals surface area contributed by atoms with Crippen LogP contribution in [-0.2, 0) is 40.1 Å². The van der Waals surface area contributed by atoms with E-state index in [9.17, 15) is 28.8 Å². The number of carboxylic acid groups (broad SMARTS) is 1. The second-order valence-electron chi connectivity index (χ2n) is 14.7. The second-order valence-corrected chi connectivity index (χ2v) is 14.7. The summed E-state index contributed by atoms with van der Waals surface area (Å²) in [5, 5.41) is 19.9. The van der Waals surface area contributed by atoms with Crippen LogP contribution in [0.5, 0.6) is 17.2 Å². The second kappa shape index (κ2) is 28.4. The van der Waals surface area contributed by atoms with Gasteiger partial charge >= 0.3 is 11.9 Å². The number of carbonyl (C=O) groups is 6. The van der Waals surface area contributed by atoms with Gasteiger partial charge in [-0.3, -0.25) is 24.0 Å². The molecule has 3 aromatic rings. The molecule has 2 unspecified atom stereocenters. The maximum Gasteiger partial charge on any atom is 0.338 e. The number of nitrogens with one attached hydrogen (secondary N) is 4. The standard InChI is InChI=1S/C46H62N4O12/c1-5-7-17-47-41(51)29-60-39-23-36(24-40(26-39)61-30-42(52)48-18-8-6-2)35-21-37(46(57)62-28-34-13-10-9-11-14-34)25-38(22-35)59-31-43(53)49-20-16-33(4)58-27-32(3)45(56)50-19-12-15-44(54)55/h9-11,13-14,21-26,32-33H,5-8,12,15-20,27-31H2,1-4H3,(H,47,51)(H,48,52)(H,49,53)(H,50,56)(H,54,55). The molecule has 0 radical (unpaired) electrons. The first-order valence-corrected chi connectivity index (χ1v) is 21.2. The lowest BCUT2D eigenvalue weighted by molar-refractivity contribution is -0.137. The third-order valence-corrected chi connectivity index (χ3v) is 9.20. The molecule has 0 aliphatic rings. The number of benzene rings is 3. The van der Waals surface area contributed by atoms with E-state index < -0.39 is 23.8 Å². The van der Waals surface area contributed by atoms with Crippen molar-refractivity contribution in [2.45, 2.75) is 85.4 Å². The Morgan fingerprint density at radius 3 is 1.69 bits per heavy atom. The Bertz CT molecular complexity index is 1850. The van der Waals surface area contributed by atoms with Crippen LogP contribution in [0.3, 0.4) is 0 Å². The zero-order valence-corrected chi connectivity index (χ0v) is 36.3. The minimum Gasteiger partial charge on any atom is -0.484 e. The summed E-state index contributed by atoms with van der Waals surface area (Å²) in [6, 6.07) is 18.8. The number of rotatable bonds is 30. The van der Waals surface area contributed by atoms with Crippen LogP contribution in [0.2, 0.25) is 0 Å². The molecule has 3 aromatic carbocycles. The van der Waals surface area contributed by atoms with Crippen LogP contribution < -0.4 is 35.5 Å². The minimum absolute atomic E-state index is 0.0211. The quantitative estimate of drug-likeness (QED) is 0.0432. The third kappa shape index (κ3) is 20.4. The topological polar surface area (TPSA) is 217 Å². The zero-order chi connectivity index (χ0) is 45.1. The molecule has 0 aromatic heterocycles. The van der Waals surface area contributed by atoms with E-state index in [1.807, 2.05) is 51.1 Å².